The Morgan fingerprint density at radius 3 is 1.30 bits per heavy atom. The van der Waals surface area contributed by atoms with Crippen LogP contribution in [-0.2, 0) is 5.41 Å². The summed E-state index contributed by atoms with van der Waals surface area (Å²) < 4.78 is 12.3. The number of unbranched alkanes of at least 4 members (excludes halogenated alkanes) is 7. The molecule has 2 saturated carbocycles. The van der Waals surface area contributed by atoms with E-state index in [2.05, 4.69) is 55.5 Å². The molecule has 4 heteroatoms. The first kappa shape index (κ1) is 35.9. The molecule has 4 nitrogen and oxygen atoms in total. The van der Waals surface area contributed by atoms with E-state index in [0.717, 1.165) is 52.1 Å². The zero-order chi connectivity index (χ0) is 34.6. The molecule has 2 fully saturated rings. The molecule has 0 heterocycles. The Hall–Kier alpha value is -3.92. The highest BCUT2D eigenvalue weighted by atomic mass is 16.5. The minimum absolute atomic E-state index is 0.0241. The van der Waals surface area contributed by atoms with Gasteiger partial charge in [0.05, 0.1) is 0 Å². The van der Waals surface area contributed by atoms with E-state index in [1.54, 1.807) is 0 Å². The van der Waals surface area contributed by atoms with Gasteiger partial charge in [-0.25, -0.2) is 0 Å². The summed E-state index contributed by atoms with van der Waals surface area (Å²) in [6, 6.07) is 32.9. The average Bonchev–Trinajstić information content (AvgIpc) is 3.15. The molecule has 0 saturated heterocycles. The molecule has 0 unspecified atom stereocenters. The van der Waals surface area contributed by atoms with Crippen LogP contribution < -0.4 is 20.9 Å². The maximum atomic E-state index is 6.17. The Kier molecular flexibility index (Phi) is 12.8. The summed E-state index contributed by atoms with van der Waals surface area (Å²) in [6.07, 6.45) is 23.6. The van der Waals surface area contributed by atoms with Crippen LogP contribution in [-0.4, -0.2) is 0 Å². The molecular weight excluding hydrogens is 613 g/mol. The third kappa shape index (κ3) is 9.65. The van der Waals surface area contributed by atoms with Crippen molar-refractivity contribution in [1.82, 2.24) is 0 Å². The molecule has 0 aromatic heterocycles. The first-order valence-electron chi connectivity index (χ1n) is 19.8. The maximum Gasteiger partial charge on any atom is 0.127 e. The second-order valence-corrected chi connectivity index (χ2v) is 15.4. The van der Waals surface area contributed by atoms with Gasteiger partial charge in [0.15, 0.2) is 0 Å². The highest BCUT2D eigenvalue weighted by Gasteiger charge is 2.41. The van der Waals surface area contributed by atoms with E-state index in [-0.39, 0.29) is 5.41 Å². The Labute approximate surface area is 302 Å². The summed E-state index contributed by atoms with van der Waals surface area (Å²) in [5, 5.41) is 0. The molecule has 0 atom stereocenters. The summed E-state index contributed by atoms with van der Waals surface area (Å²) in [6.45, 7) is 2.30. The van der Waals surface area contributed by atoms with Crippen LogP contribution in [0.4, 0.5) is 11.4 Å². The number of anilines is 2. The predicted molar refractivity (Wildman–Crippen MR) is 210 cm³/mol. The first-order chi connectivity index (χ1) is 24.5. The Bertz CT molecular complexity index is 1450. The molecule has 0 amide bonds. The van der Waals surface area contributed by atoms with Gasteiger partial charge in [0.1, 0.15) is 23.0 Å². The molecule has 4 N–H and O–H groups in total. The van der Waals surface area contributed by atoms with Crippen molar-refractivity contribution in [3.63, 3.8) is 0 Å². The van der Waals surface area contributed by atoms with E-state index in [9.17, 15) is 0 Å². The van der Waals surface area contributed by atoms with Crippen molar-refractivity contribution in [3.05, 3.63) is 108 Å². The molecular formula is C46H60N2O2. The first-order valence-corrected chi connectivity index (χ1v) is 19.8. The third-order valence-electron chi connectivity index (χ3n) is 12.0. The summed E-state index contributed by atoms with van der Waals surface area (Å²) >= 11 is 0. The monoisotopic (exact) mass is 672 g/mol. The lowest BCUT2D eigenvalue weighted by atomic mass is 9.60. The van der Waals surface area contributed by atoms with E-state index < -0.39 is 0 Å². The lowest BCUT2D eigenvalue weighted by Gasteiger charge is -2.44. The van der Waals surface area contributed by atoms with Gasteiger partial charge in [0.2, 0.25) is 0 Å². The molecule has 266 valence electrons. The van der Waals surface area contributed by atoms with Crippen LogP contribution in [0.2, 0.25) is 0 Å². The van der Waals surface area contributed by atoms with Gasteiger partial charge in [-0.3, -0.25) is 0 Å². The van der Waals surface area contributed by atoms with E-state index >= 15 is 0 Å². The summed E-state index contributed by atoms with van der Waals surface area (Å²) in [4.78, 5) is 0. The van der Waals surface area contributed by atoms with E-state index in [4.69, 9.17) is 20.9 Å². The lowest BCUT2D eigenvalue weighted by Crippen LogP contribution is -2.35. The van der Waals surface area contributed by atoms with E-state index in [0.29, 0.717) is 0 Å². The zero-order valence-corrected chi connectivity index (χ0v) is 30.5. The largest absolute Gasteiger partial charge is 0.457 e. The van der Waals surface area contributed by atoms with Gasteiger partial charge in [-0.1, -0.05) is 102 Å². The van der Waals surface area contributed by atoms with Crippen LogP contribution in [0.1, 0.15) is 127 Å². The lowest BCUT2D eigenvalue weighted by molar-refractivity contribution is 0.140. The van der Waals surface area contributed by atoms with Gasteiger partial charge >= 0.3 is 0 Å². The van der Waals surface area contributed by atoms with Gasteiger partial charge in [-0.2, -0.15) is 0 Å². The number of ether oxygens (including phenoxy) is 2. The number of hydrogen-bond acceptors (Lipinski definition) is 4. The standard InChI is InChI=1S/C46H60N2O2/c1-2-3-4-5-6-7-8-9-10-35-11-13-36(14-12-35)37-31-33-46(34-32-37,38-15-23-42(24-16-38)49-44-27-19-40(47)20-28-44)39-17-25-43(26-18-39)50-45-29-21-41(48)22-30-45/h15-30,35-37H,2-14,31-34,47-48H2,1H3/t35-,36-. The Morgan fingerprint density at radius 1 is 0.480 bits per heavy atom. The molecule has 0 radical (unpaired) electrons. The zero-order valence-electron chi connectivity index (χ0n) is 30.5. The quantitative estimate of drug-likeness (QED) is 0.0918. The molecule has 0 aliphatic heterocycles. The molecule has 4 aromatic rings. The van der Waals surface area contributed by atoms with Crippen molar-refractivity contribution >= 4 is 11.4 Å². The van der Waals surface area contributed by atoms with Gasteiger partial charge in [0, 0.05) is 16.8 Å². The van der Waals surface area contributed by atoms with E-state index in [1.165, 1.54) is 120 Å². The Morgan fingerprint density at radius 2 is 0.860 bits per heavy atom. The summed E-state index contributed by atoms with van der Waals surface area (Å²) in [5.74, 6) is 5.99. The van der Waals surface area contributed by atoms with Crippen LogP contribution in [0.5, 0.6) is 23.0 Å². The van der Waals surface area contributed by atoms with Gasteiger partial charge in [-0.15, -0.1) is 0 Å². The molecule has 6 rings (SSSR count). The third-order valence-corrected chi connectivity index (χ3v) is 12.0. The van der Waals surface area contributed by atoms with Crippen LogP contribution in [0.15, 0.2) is 97.1 Å². The van der Waals surface area contributed by atoms with Gasteiger partial charge in [-0.05, 0) is 140 Å². The summed E-state index contributed by atoms with van der Waals surface area (Å²) in [7, 11) is 0. The molecule has 0 spiro atoms. The van der Waals surface area contributed by atoms with Crippen LogP contribution in [0.25, 0.3) is 0 Å². The van der Waals surface area contributed by atoms with Crippen LogP contribution in [0.3, 0.4) is 0 Å². The fourth-order valence-electron chi connectivity index (χ4n) is 8.89. The minimum Gasteiger partial charge on any atom is -0.457 e. The Balaban J connectivity index is 1.08. The summed E-state index contributed by atoms with van der Waals surface area (Å²) in [5.41, 5.74) is 16.0. The fourth-order valence-corrected chi connectivity index (χ4v) is 8.89. The van der Waals surface area contributed by atoms with Crippen molar-refractivity contribution in [2.45, 2.75) is 121 Å². The molecule has 2 aliphatic carbocycles. The number of rotatable bonds is 16. The maximum absolute atomic E-state index is 6.17. The minimum atomic E-state index is -0.0241. The highest BCUT2D eigenvalue weighted by molar-refractivity contribution is 5.47. The normalized spacial score (nSPS) is 19.2. The van der Waals surface area contributed by atoms with Crippen molar-refractivity contribution in [2.75, 3.05) is 11.5 Å². The molecule has 4 aromatic carbocycles. The molecule has 0 bridgehead atoms. The fraction of sp³-hybridized carbons (Fsp3) is 0.478. The van der Waals surface area contributed by atoms with Gasteiger partial charge < -0.3 is 20.9 Å². The number of hydrogen-bond donors (Lipinski definition) is 2. The SMILES string of the molecule is CCCCCCCCCC[C@H]1CC[C@H](C2CCC(c3ccc(Oc4ccc(N)cc4)cc3)(c3ccc(Oc4ccc(N)cc4)cc3)CC2)CC1. The van der Waals surface area contributed by atoms with Crippen molar-refractivity contribution in [1.29, 1.82) is 0 Å². The van der Waals surface area contributed by atoms with Crippen LogP contribution >= 0.6 is 0 Å². The van der Waals surface area contributed by atoms with Crippen LogP contribution in [0, 0.1) is 17.8 Å². The molecule has 2 aliphatic rings. The second kappa shape index (κ2) is 17.8. The number of nitrogens with two attached hydrogens (primary N) is 2. The number of nitrogen functional groups attached to an aromatic ring is 2. The predicted octanol–water partition coefficient (Wildman–Crippen LogP) is 13.2. The average molecular weight is 673 g/mol. The van der Waals surface area contributed by atoms with Crippen molar-refractivity contribution in [3.8, 4) is 23.0 Å². The highest BCUT2D eigenvalue weighted by Crippen LogP contribution is 2.51. The second-order valence-electron chi connectivity index (χ2n) is 15.4. The van der Waals surface area contributed by atoms with Crippen molar-refractivity contribution < 1.29 is 9.47 Å². The van der Waals surface area contributed by atoms with Gasteiger partial charge in [0.25, 0.3) is 0 Å². The topological polar surface area (TPSA) is 70.5 Å². The number of benzene rings is 4. The van der Waals surface area contributed by atoms with E-state index in [1.807, 2.05) is 48.5 Å². The molecule has 50 heavy (non-hydrogen) atoms. The van der Waals surface area contributed by atoms with Crippen molar-refractivity contribution in [2.24, 2.45) is 17.8 Å². The smallest absolute Gasteiger partial charge is 0.127 e.